The summed E-state index contributed by atoms with van der Waals surface area (Å²) in [5, 5.41) is 20.0. The predicted octanol–water partition coefficient (Wildman–Crippen LogP) is 1.04. The van der Waals surface area contributed by atoms with Crippen LogP contribution in [0.5, 0.6) is 0 Å². The Balaban J connectivity index is 4.07. The first-order chi connectivity index (χ1) is 9.18. The molecule has 7 heteroatoms. The maximum atomic E-state index is 11.8. The second-order valence-corrected chi connectivity index (χ2v) is 6.98. The molecule has 0 saturated heterocycles. The van der Waals surface area contributed by atoms with Crippen molar-refractivity contribution in [3.8, 4) is 6.07 Å². The van der Waals surface area contributed by atoms with E-state index >= 15 is 0 Å². The number of nitriles is 1. The SMILES string of the molecule is CC(=O)N[C@@H](CS(=O)CCCCC(C)(C)C#N)C(=O)O. The number of hydrogen-bond acceptors (Lipinski definition) is 4. The fourth-order valence-electron chi connectivity index (χ4n) is 1.58. The average molecular weight is 302 g/mol. The normalized spacial score (nSPS) is 14.1. The molecule has 0 radical (unpaired) electrons. The Morgan fingerprint density at radius 2 is 2.00 bits per heavy atom. The van der Waals surface area contributed by atoms with Gasteiger partial charge in [0.2, 0.25) is 5.91 Å². The lowest BCUT2D eigenvalue weighted by molar-refractivity contribution is -0.140. The second kappa shape index (κ2) is 8.69. The van der Waals surface area contributed by atoms with Crippen molar-refractivity contribution in [1.29, 1.82) is 5.26 Å². The topological polar surface area (TPSA) is 107 Å². The lowest BCUT2D eigenvalue weighted by Crippen LogP contribution is -2.43. The molecule has 0 rings (SSSR count). The number of carbonyl (C=O) groups is 2. The van der Waals surface area contributed by atoms with Gasteiger partial charge in [-0.2, -0.15) is 5.26 Å². The van der Waals surface area contributed by atoms with Crippen LogP contribution in [0.4, 0.5) is 0 Å². The molecule has 2 atom stereocenters. The molecule has 20 heavy (non-hydrogen) atoms. The van der Waals surface area contributed by atoms with Crippen molar-refractivity contribution in [2.45, 2.75) is 46.1 Å². The summed E-state index contributed by atoms with van der Waals surface area (Å²) >= 11 is 0. The first kappa shape index (κ1) is 18.6. The van der Waals surface area contributed by atoms with E-state index in [0.29, 0.717) is 12.2 Å². The van der Waals surface area contributed by atoms with Gasteiger partial charge in [0.25, 0.3) is 0 Å². The average Bonchev–Trinajstić information content (AvgIpc) is 2.33. The van der Waals surface area contributed by atoms with Crippen molar-refractivity contribution in [3.05, 3.63) is 0 Å². The molecule has 0 aromatic rings. The van der Waals surface area contributed by atoms with E-state index in [1.165, 1.54) is 6.92 Å². The van der Waals surface area contributed by atoms with Gasteiger partial charge in [-0.25, -0.2) is 4.79 Å². The number of amides is 1. The summed E-state index contributed by atoms with van der Waals surface area (Å²) in [4.78, 5) is 21.7. The summed E-state index contributed by atoms with van der Waals surface area (Å²) in [7, 11) is -1.30. The van der Waals surface area contributed by atoms with Crippen molar-refractivity contribution in [2.75, 3.05) is 11.5 Å². The lowest BCUT2D eigenvalue weighted by Gasteiger charge is -2.15. The molecule has 0 heterocycles. The zero-order chi connectivity index (χ0) is 15.8. The van der Waals surface area contributed by atoms with Gasteiger partial charge < -0.3 is 10.4 Å². The van der Waals surface area contributed by atoms with Crippen LogP contribution in [-0.4, -0.2) is 38.7 Å². The van der Waals surface area contributed by atoms with Crippen molar-refractivity contribution in [1.82, 2.24) is 5.32 Å². The first-order valence-corrected chi connectivity index (χ1v) is 7.93. The van der Waals surface area contributed by atoms with Gasteiger partial charge in [-0.1, -0.05) is 6.42 Å². The first-order valence-electron chi connectivity index (χ1n) is 6.44. The van der Waals surface area contributed by atoms with Crippen LogP contribution in [0.2, 0.25) is 0 Å². The molecule has 6 nitrogen and oxygen atoms in total. The summed E-state index contributed by atoms with van der Waals surface area (Å²) in [5.41, 5.74) is -0.388. The van der Waals surface area contributed by atoms with Crippen LogP contribution in [0, 0.1) is 16.7 Å². The van der Waals surface area contributed by atoms with Crippen LogP contribution in [0.3, 0.4) is 0 Å². The highest BCUT2D eigenvalue weighted by atomic mass is 32.2. The molecule has 0 aromatic heterocycles. The zero-order valence-electron chi connectivity index (χ0n) is 12.1. The molecule has 114 valence electrons. The van der Waals surface area contributed by atoms with Crippen LogP contribution in [-0.2, 0) is 20.4 Å². The highest BCUT2D eigenvalue weighted by molar-refractivity contribution is 7.85. The predicted molar refractivity (Wildman–Crippen MR) is 76.4 cm³/mol. The van der Waals surface area contributed by atoms with Gasteiger partial charge >= 0.3 is 5.97 Å². The number of carboxylic acids is 1. The molecule has 2 N–H and O–H groups in total. The van der Waals surface area contributed by atoms with E-state index in [-0.39, 0.29) is 11.2 Å². The van der Waals surface area contributed by atoms with E-state index in [1.807, 2.05) is 13.8 Å². The van der Waals surface area contributed by atoms with Crippen LogP contribution < -0.4 is 5.32 Å². The number of hydrogen-bond donors (Lipinski definition) is 2. The third-order valence-corrected chi connectivity index (χ3v) is 4.20. The summed E-state index contributed by atoms with van der Waals surface area (Å²) in [5.74, 6) is -1.34. The molecule has 0 aliphatic carbocycles. The Labute approximate surface area is 122 Å². The fourth-order valence-corrected chi connectivity index (χ4v) is 2.87. The van der Waals surface area contributed by atoms with Gasteiger partial charge in [0.05, 0.1) is 17.2 Å². The van der Waals surface area contributed by atoms with Gasteiger partial charge in [0, 0.05) is 23.5 Å². The van der Waals surface area contributed by atoms with Crippen molar-refractivity contribution in [3.63, 3.8) is 0 Å². The second-order valence-electron chi connectivity index (χ2n) is 5.35. The highest BCUT2D eigenvalue weighted by Gasteiger charge is 2.21. The Morgan fingerprint density at radius 3 is 2.45 bits per heavy atom. The van der Waals surface area contributed by atoms with Gasteiger partial charge in [0.15, 0.2) is 0 Å². The molecule has 0 fully saturated rings. The van der Waals surface area contributed by atoms with Crippen molar-refractivity contribution in [2.24, 2.45) is 5.41 Å². The van der Waals surface area contributed by atoms with Gasteiger partial charge in [-0.3, -0.25) is 9.00 Å². The minimum atomic E-state index is -1.30. The summed E-state index contributed by atoms with van der Waals surface area (Å²) in [6.45, 7) is 4.92. The Bertz CT molecular complexity index is 415. The summed E-state index contributed by atoms with van der Waals surface area (Å²) in [6.07, 6.45) is 2.16. The van der Waals surface area contributed by atoms with Crippen molar-refractivity contribution >= 4 is 22.7 Å². The smallest absolute Gasteiger partial charge is 0.327 e. The molecule has 1 amide bonds. The maximum Gasteiger partial charge on any atom is 0.327 e. The number of unbranched alkanes of at least 4 members (excludes halogenated alkanes) is 1. The third-order valence-electron chi connectivity index (χ3n) is 2.75. The highest BCUT2D eigenvalue weighted by Crippen LogP contribution is 2.21. The molecular formula is C13H22N2O4S. The monoisotopic (exact) mass is 302 g/mol. The largest absolute Gasteiger partial charge is 0.480 e. The fraction of sp³-hybridized carbons (Fsp3) is 0.769. The van der Waals surface area contributed by atoms with Crippen LogP contribution in [0.1, 0.15) is 40.0 Å². The van der Waals surface area contributed by atoms with Gasteiger partial charge in [-0.05, 0) is 26.7 Å². The van der Waals surface area contributed by atoms with E-state index in [4.69, 9.17) is 10.4 Å². The molecule has 1 unspecified atom stereocenters. The Morgan fingerprint density at radius 1 is 1.40 bits per heavy atom. The molecule has 0 aliphatic rings. The zero-order valence-corrected chi connectivity index (χ0v) is 13.0. The Hall–Kier alpha value is -1.42. The molecular weight excluding hydrogens is 280 g/mol. The number of rotatable bonds is 9. The van der Waals surface area contributed by atoms with Gasteiger partial charge in [0.1, 0.15) is 6.04 Å². The van der Waals surface area contributed by atoms with E-state index in [0.717, 1.165) is 12.8 Å². The number of carbonyl (C=O) groups excluding carboxylic acids is 1. The van der Waals surface area contributed by atoms with E-state index in [1.54, 1.807) is 0 Å². The third kappa shape index (κ3) is 8.64. The lowest BCUT2D eigenvalue weighted by atomic mass is 9.89. The molecule has 0 bridgehead atoms. The quantitative estimate of drug-likeness (QED) is 0.619. The molecule has 0 aromatic carbocycles. The van der Waals surface area contributed by atoms with Crippen molar-refractivity contribution < 1.29 is 18.9 Å². The minimum Gasteiger partial charge on any atom is -0.480 e. The van der Waals surface area contributed by atoms with Crippen LogP contribution >= 0.6 is 0 Å². The number of nitrogens with one attached hydrogen (secondary N) is 1. The summed E-state index contributed by atoms with van der Waals surface area (Å²) in [6, 6.07) is 1.09. The van der Waals surface area contributed by atoms with Crippen LogP contribution in [0.25, 0.3) is 0 Å². The van der Waals surface area contributed by atoms with E-state index < -0.39 is 28.7 Å². The van der Waals surface area contributed by atoms with E-state index in [2.05, 4.69) is 11.4 Å². The van der Waals surface area contributed by atoms with Crippen LogP contribution in [0.15, 0.2) is 0 Å². The Kier molecular flexibility index (Phi) is 8.07. The number of carboxylic acid groups (broad SMARTS) is 1. The molecule has 0 saturated carbocycles. The maximum absolute atomic E-state index is 11.8. The minimum absolute atomic E-state index is 0.0867. The number of nitrogens with zero attached hydrogens (tertiary/aromatic N) is 1. The van der Waals surface area contributed by atoms with E-state index in [9.17, 15) is 13.8 Å². The summed E-state index contributed by atoms with van der Waals surface area (Å²) < 4.78 is 11.8. The molecule has 0 spiro atoms. The van der Waals surface area contributed by atoms with Gasteiger partial charge in [-0.15, -0.1) is 0 Å². The number of aliphatic carboxylic acids is 1. The molecule has 0 aliphatic heterocycles. The standard InChI is InChI=1S/C13H22N2O4S/c1-10(16)15-11(12(17)18)8-20(19)7-5-4-6-13(2,3)9-14/h11H,4-8H2,1-3H3,(H,15,16)(H,17,18)/t11-,20?/m0/s1.